The molecule has 5 nitrogen and oxygen atoms in total. The number of carbonyl (C=O) groups is 1. The lowest BCUT2D eigenvalue weighted by Gasteiger charge is -2.29. The van der Waals surface area contributed by atoms with Crippen molar-refractivity contribution in [2.24, 2.45) is 5.73 Å². The minimum atomic E-state index is -0.894. The second-order valence-corrected chi connectivity index (χ2v) is 3.73. The lowest BCUT2D eigenvalue weighted by molar-refractivity contribution is -0.153. The SMILES string of the molecule is CN1CCC(OC(=O)C(N)CO)CC1. The molecule has 0 saturated carbocycles. The number of piperidine rings is 1. The molecule has 3 N–H and O–H groups in total. The first kappa shape index (κ1) is 11.4. The zero-order chi connectivity index (χ0) is 10.6. The fraction of sp³-hybridized carbons (Fsp3) is 0.889. The van der Waals surface area contributed by atoms with Crippen LogP contribution >= 0.6 is 0 Å². The molecule has 1 aliphatic heterocycles. The molecule has 0 amide bonds. The van der Waals surface area contributed by atoms with Crippen molar-refractivity contribution in [1.29, 1.82) is 0 Å². The van der Waals surface area contributed by atoms with Gasteiger partial charge in [-0.25, -0.2) is 0 Å². The Labute approximate surface area is 83.8 Å². The molecule has 1 rings (SSSR count). The summed E-state index contributed by atoms with van der Waals surface area (Å²) in [5, 5.41) is 8.64. The Morgan fingerprint density at radius 1 is 1.64 bits per heavy atom. The maximum Gasteiger partial charge on any atom is 0.325 e. The van der Waals surface area contributed by atoms with E-state index in [0.29, 0.717) is 0 Å². The van der Waals surface area contributed by atoms with Gasteiger partial charge in [0.15, 0.2) is 0 Å². The molecule has 0 aliphatic carbocycles. The molecule has 1 atom stereocenters. The lowest BCUT2D eigenvalue weighted by Crippen LogP contribution is -2.41. The summed E-state index contributed by atoms with van der Waals surface area (Å²) in [4.78, 5) is 13.4. The highest BCUT2D eigenvalue weighted by Crippen LogP contribution is 2.12. The van der Waals surface area contributed by atoms with Crippen molar-refractivity contribution >= 4 is 5.97 Å². The number of likely N-dealkylation sites (tertiary alicyclic amines) is 1. The van der Waals surface area contributed by atoms with Gasteiger partial charge in [-0.2, -0.15) is 0 Å². The fourth-order valence-electron chi connectivity index (χ4n) is 1.43. The van der Waals surface area contributed by atoms with Crippen molar-refractivity contribution in [3.8, 4) is 0 Å². The van der Waals surface area contributed by atoms with Crippen molar-refractivity contribution in [3.05, 3.63) is 0 Å². The van der Waals surface area contributed by atoms with Gasteiger partial charge in [-0.15, -0.1) is 0 Å². The molecule has 5 heteroatoms. The molecule has 1 fully saturated rings. The largest absolute Gasteiger partial charge is 0.461 e. The molecule has 0 aromatic heterocycles. The quantitative estimate of drug-likeness (QED) is 0.571. The molecular formula is C9H18N2O3. The monoisotopic (exact) mass is 202 g/mol. The van der Waals surface area contributed by atoms with Crippen LogP contribution in [0.5, 0.6) is 0 Å². The van der Waals surface area contributed by atoms with Crippen LogP contribution in [-0.4, -0.2) is 54.9 Å². The van der Waals surface area contributed by atoms with Crippen LogP contribution in [0.2, 0.25) is 0 Å². The molecule has 1 unspecified atom stereocenters. The van der Waals surface area contributed by atoms with Crippen molar-refractivity contribution in [3.63, 3.8) is 0 Å². The van der Waals surface area contributed by atoms with E-state index in [-0.39, 0.29) is 12.7 Å². The third kappa shape index (κ3) is 3.25. The fourth-order valence-corrected chi connectivity index (χ4v) is 1.43. The summed E-state index contributed by atoms with van der Waals surface area (Å²) in [5.74, 6) is -0.498. The van der Waals surface area contributed by atoms with E-state index in [1.807, 2.05) is 7.05 Å². The van der Waals surface area contributed by atoms with Crippen LogP contribution in [0, 0.1) is 0 Å². The second-order valence-electron chi connectivity index (χ2n) is 3.73. The van der Waals surface area contributed by atoms with Crippen molar-refractivity contribution in [2.45, 2.75) is 25.0 Å². The van der Waals surface area contributed by atoms with Gasteiger partial charge < -0.3 is 20.5 Å². The van der Waals surface area contributed by atoms with Gasteiger partial charge in [0, 0.05) is 13.1 Å². The Bertz CT molecular complexity index is 190. The Balaban J connectivity index is 2.27. The van der Waals surface area contributed by atoms with E-state index in [1.165, 1.54) is 0 Å². The molecule has 0 bridgehead atoms. The van der Waals surface area contributed by atoms with Crippen LogP contribution in [0.3, 0.4) is 0 Å². The molecule has 1 saturated heterocycles. The number of esters is 1. The van der Waals surface area contributed by atoms with Crippen LogP contribution in [-0.2, 0) is 9.53 Å². The van der Waals surface area contributed by atoms with Gasteiger partial charge in [0.1, 0.15) is 12.1 Å². The average Bonchev–Trinajstić information content (AvgIpc) is 2.20. The van der Waals surface area contributed by atoms with Gasteiger partial charge in [0.05, 0.1) is 6.61 Å². The Kier molecular flexibility index (Phi) is 4.31. The van der Waals surface area contributed by atoms with E-state index in [1.54, 1.807) is 0 Å². The van der Waals surface area contributed by atoms with Crippen molar-refractivity contribution < 1.29 is 14.6 Å². The van der Waals surface area contributed by atoms with Gasteiger partial charge >= 0.3 is 5.97 Å². The van der Waals surface area contributed by atoms with E-state index < -0.39 is 12.0 Å². The number of hydrogen-bond donors (Lipinski definition) is 2. The minimum Gasteiger partial charge on any atom is -0.461 e. The van der Waals surface area contributed by atoms with Crippen molar-refractivity contribution in [1.82, 2.24) is 4.90 Å². The van der Waals surface area contributed by atoms with Crippen LogP contribution in [0.1, 0.15) is 12.8 Å². The predicted octanol–water partition coefficient (Wildman–Crippen LogP) is -1.06. The summed E-state index contributed by atoms with van der Waals surface area (Å²) in [6.45, 7) is 1.52. The Morgan fingerprint density at radius 2 is 2.21 bits per heavy atom. The molecule has 0 spiro atoms. The summed E-state index contributed by atoms with van der Waals surface area (Å²) in [5.41, 5.74) is 5.33. The molecule has 0 radical (unpaired) electrons. The lowest BCUT2D eigenvalue weighted by atomic mass is 10.1. The number of rotatable bonds is 3. The third-order valence-corrected chi connectivity index (χ3v) is 2.45. The number of aliphatic hydroxyl groups excluding tert-OH is 1. The maximum atomic E-state index is 11.2. The van der Waals surface area contributed by atoms with Gasteiger partial charge in [0.25, 0.3) is 0 Å². The summed E-state index contributed by atoms with van der Waals surface area (Å²) in [6.07, 6.45) is 1.66. The topological polar surface area (TPSA) is 75.8 Å². The number of carbonyl (C=O) groups excluding carboxylic acids is 1. The van der Waals surface area contributed by atoms with Crippen LogP contribution in [0.4, 0.5) is 0 Å². The van der Waals surface area contributed by atoms with E-state index in [2.05, 4.69) is 4.90 Å². The Morgan fingerprint density at radius 3 is 2.71 bits per heavy atom. The number of ether oxygens (including phenoxy) is 1. The highest BCUT2D eigenvalue weighted by atomic mass is 16.5. The smallest absolute Gasteiger partial charge is 0.325 e. The molecule has 14 heavy (non-hydrogen) atoms. The number of nitrogens with two attached hydrogens (primary N) is 1. The highest BCUT2D eigenvalue weighted by molar-refractivity contribution is 5.75. The highest BCUT2D eigenvalue weighted by Gasteiger charge is 2.22. The van der Waals surface area contributed by atoms with E-state index >= 15 is 0 Å². The summed E-state index contributed by atoms with van der Waals surface area (Å²) in [7, 11) is 2.04. The third-order valence-electron chi connectivity index (χ3n) is 2.45. The number of nitrogens with zero attached hydrogens (tertiary/aromatic N) is 1. The summed E-state index contributed by atoms with van der Waals surface area (Å²) in [6, 6.07) is -0.894. The zero-order valence-electron chi connectivity index (χ0n) is 8.48. The first-order chi connectivity index (χ1) is 6.63. The van der Waals surface area contributed by atoms with Crippen molar-refractivity contribution in [2.75, 3.05) is 26.7 Å². The predicted molar refractivity (Wildman–Crippen MR) is 51.7 cm³/mol. The first-order valence-corrected chi connectivity index (χ1v) is 4.89. The van der Waals surface area contributed by atoms with Gasteiger partial charge in [-0.3, -0.25) is 4.79 Å². The van der Waals surface area contributed by atoms with E-state index in [0.717, 1.165) is 25.9 Å². The van der Waals surface area contributed by atoms with Crippen LogP contribution < -0.4 is 5.73 Å². The average molecular weight is 202 g/mol. The Hall–Kier alpha value is -0.650. The second kappa shape index (κ2) is 5.29. The van der Waals surface area contributed by atoms with Gasteiger partial charge in [-0.05, 0) is 19.9 Å². The summed E-state index contributed by atoms with van der Waals surface area (Å²) >= 11 is 0. The number of aliphatic hydroxyl groups is 1. The van der Waals surface area contributed by atoms with Gasteiger partial charge in [0.2, 0.25) is 0 Å². The van der Waals surface area contributed by atoms with E-state index in [4.69, 9.17) is 15.6 Å². The van der Waals surface area contributed by atoms with Gasteiger partial charge in [-0.1, -0.05) is 0 Å². The standard InChI is InChI=1S/C9H18N2O3/c1-11-4-2-7(3-5-11)14-9(13)8(10)6-12/h7-8,12H,2-6,10H2,1H3. The molecule has 1 aliphatic rings. The van der Waals surface area contributed by atoms with E-state index in [9.17, 15) is 4.79 Å². The molecule has 0 aromatic carbocycles. The molecular weight excluding hydrogens is 184 g/mol. The normalized spacial score (nSPS) is 21.9. The maximum absolute atomic E-state index is 11.2. The zero-order valence-corrected chi connectivity index (χ0v) is 8.48. The number of hydrogen-bond acceptors (Lipinski definition) is 5. The summed E-state index contributed by atoms with van der Waals surface area (Å²) < 4.78 is 5.14. The molecule has 1 heterocycles. The minimum absolute atomic E-state index is 0.0312. The molecule has 82 valence electrons. The first-order valence-electron chi connectivity index (χ1n) is 4.89. The van der Waals surface area contributed by atoms with Crippen LogP contribution in [0.25, 0.3) is 0 Å². The molecule has 0 aromatic rings. The van der Waals surface area contributed by atoms with Crippen LogP contribution in [0.15, 0.2) is 0 Å².